The zero-order chi connectivity index (χ0) is 17.2. The molecule has 8 heteroatoms. The molecule has 2 unspecified atom stereocenters. The minimum atomic E-state index is -0.280. The Labute approximate surface area is 146 Å². The lowest BCUT2D eigenvalue weighted by molar-refractivity contribution is -0.134. The van der Waals surface area contributed by atoms with Crippen molar-refractivity contribution in [1.82, 2.24) is 15.8 Å². The Kier molecular flexibility index (Phi) is 4.65. The Hall–Kier alpha value is -2.03. The number of amides is 1. The molecular formula is C17H23N3O5. The number of hydrogen-bond acceptors (Lipinski definition) is 7. The van der Waals surface area contributed by atoms with E-state index >= 15 is 0 Å². The number of hydrogen-bond donors (Lipinski definition) is 3. The third kappa shape index (κ3) is 3.37. The van der Waals surface area contributed by atoms with E-state index in [4.69, 9.17) is 14.2 Å². The minimum Gasteiger partial charge on any atom is -0.492 e. The summed E-state index contributed by atoms with van der Waals surface area (Å²) >= 11 is 0. The summed E-state index contributed by atoms with van der Waals surface area (Å²) < 4.78 is 16.4. The van der Waals surface area contributed by atoms with E-state index < -0.39 is 0 Å². The standard InChI is InChI=1S/C17H23N3O5/c21-8-12-2-1-5-20(12)17(22)14-6-11(18-19-14)9-23-13-3-4-15-16(7-13)25-10-24-15/h3-4,7,11-12,14,18-19,21H,1-2,5-6,8-10H2/t11?,12-,14?/m0/s1. The molecule has 0 radical (unpaired) electrons. The summed E-state index contributed by atoms with van der Waals surface area (Å²) in [6.45, 7) is 1.44. The van der Waals surface area contributed by atoms with Gasteiger partial charge in [0, 0.05) is 12.6 Å². The van der Waals surface area contributed by atoms with Gasteiger partial charge in [-0.1, -0.05) is 0 Å². The van der Waals surface area contributed by atoms with Gasteiger partial charge in [0.1, 0.15) is 18.4 Å². The van der Waals surface area contributed by atoms with E-state index in [9.17, 15) is 9.90 Å². The SMILES string of the molecule is O=C(C1CC(COc2ccc3c(c2)OCO3)NN1)N1CCC[C@H]1CO. The van der Waals surface area contributed by atoms with Gasteiger partial charge in [-0.2, -0.15) is 0 Å². The summed E-state index contributed by atoms with van der Waals surface area (Å²) in [6.07, 6.45) is 2.48. The Morgan fingerprint density at radius 3 is 3.08 bits per heavy atom. The van der Waals surface area contributed by atoms with Gasteiger partial charge in [0.25, 0.3) is 0 Å². The molecule has 2 fully saturated rings. The number of likely N-dealkylation sites (tertiary alicyclic amines) is 1. The average Bonchev–Trinajstić information content (AvgIpc) is 3.38. The summed E-state index contributed by atoms with van der Waals surface area (Å²) in [5.74, 6) is 2.17. The molecule has 3 aliphatic heterocycles. The van der Waals surface area contributed by atoms with Crippen LogP contribution in [0.1, 0.15) is 19.3 Å². The summed E-state index contributed by atoms with van der Waals surface area (Å²) in [4.78, 5) is 14.4. The van der Waals surface area contributed by atoms with Crippen LogP contribution in [-0.4, -0.2) is 60.6 Å². The van der Waals surface area contributed by atoms with Crippen molar-refractivity contribution in [2.75, 3.05) is 26.6 Å². The molecule has 0 aromatic heterocycles. The van der Waals surface area contributed by atoms with Crippen LogP contribution in [-0.2, 0) is 4.79 Å². The molecule has 3 atom stereocenters. The summed E-state index contributed by atoms with van der Waals surface area (Å²) in [7, 11) is 0. The number of aliphatic hydroxyl groups is 1. The molecule has 0 aliphatic carbocycles. The van der Waals surface area contributed by atoms with E-state index in [1.165, 1.54) is 0 Å². The molecule has 136 valence electrons. The molecule has 1 aromatic rings. The van der Waals surface area contributed by atoms with Crippen molar-refractivity contribution >= 4 is 5.91 Å². The molecule has 25 heavy (non-hydrogen) atoms. The Balaban J connectivity index is 1.28. The highest BCUT2D eigenvalue weighted by Crippen LogP contribution is 2.35. The molecular weight excluding hydrogens is 326 g/mol. The van der Waals surface area contributed by atoms with Crippen LogP contribution in [0.15, 0.2) is 18.2 Å². The predicted molar refractivity (Wildman–Crippen MR) is 88.3 cm³/mol. The second kappa shape index (κ2) is 7.07. The van der Waals surface area contributed by atoms with Gasteiger partial charge in [0.2, 0.25) is 12.7 Å². The molecule has 8 nitrogen and oxygen atoms in total. The normalized spacial score (nSPS) is 27.7. The van der Waals surface area contributed by atoms with Crippen LogP contribution in [0.4, 0.5) is 0 Å². The van der Waals surface area contributed by atoms with E-state index in [0.717, 1.165) is 25.1 Å². The first-order valence-electron chi connectivity index (χ1n) is 8.69. The highest BCUT2D eigenvalue weighted by molar-refractivity contribution is 5.82. The first-order valence-corrected chi connectivity index (χ1v) is 8.69. The maximum atomic E-state index is 12.6. The first kappa shape index (κ1) is 16.4. The zero-order valence-electron chi connectivity index (χ0n) is 13.9. The first-order chi connectivity index (χ1) is 12.2. The quantitative estimate of drug-likeness (QED) is 0.690. The number of aliphatic hydroxyl groups excluding tert-OH is 1. The molecule has 3 heterocycles. The summed E-state index contributed by atoms with van der Waals surface area (Å²) in [5, 5.41) is 9.39. The number of rotatable bonds is 5. The van der Waals surface area contributed by atoms with Crippen LogP contribution >= 0.6 is 0 Å². The fraction of sp³-hybridized carbons (Fsp3) is 0.588. The molecule has 0 spiro atoms. The topological polar surface area (TPSA) is 92.3 Å². The van der Waals surface area contributed by atoms with Gasteiger partial charge >= 0.3 is 0 Å². The largest absolute Gasteiger partial charge is 0.492 e. The Morgan fingerprint density at radius 1 is 1.32 bits per heavy atom. The van der Waals surface area contributed by atoms with E-state index in [1.807, 2.05) is 18.2 Å². The molecule has 3 aliphatic rings. The van der Waals surface area contributed by atoms with Crippen molar-refractivity contribution in [2.45, 2.75) is 37.4 Å². The van der Waals surface area contributed by atoms with E-state index in [1.54, 1.807) is 4.90 Å². The number of ether oxygens (including phenoxy) is 3. The van der Waals surface area contributed by atoms with Gasteiger partial charge in [-0.15, -0.1) is 0 Å². The van der Waals surface area contributed by atoms with Gasteiger partial charge in [-0.3, -0.25) is 10.2 Å². The lowest BCUT2D eigenvalue weighted by atomic mass is 10.1. The molecule has 2 saturated heterocycles. The van der Waals surface area contributed by atoms with E-state index in [0.29, 0.717) is 24.5 Å². The monoisotopic (exact) mass is 349 g/mol. The number of benzene rings is 1. The minimum absolute atomic E-state index is 0.0303. The fourth-order valence-electron chi connectivity index (χ4n) is 3.57. The molecule has 1 aromatic carbocycles. The Morgan fingerprint density at radius 2 is 2.20 bits per heavy atom. The predicted octanol–water partition coefficient (Wildman–Crippen LogP) is 0.0125. The zero-order valence-corrected chi connectivity index (χ0v) is 13.9. The molecule has 4 rings (SSSR count). The van der Waals surface area contributed by atoms with Crippen molar-refractivity contribution in [2.24, 2.45) is 0 Å². The third-order valence-electron chi connectivity index (χ3n) is 4.95. The van der Waals surface area contributed by atoms with Gasteiger partial charge in [-0.05, 0) is 31.4 Å². The Bertz CT molecular complexity index is 641. The van der Waals surface area contributed by atoms with Crippen LogP contribution in [0.3, 0.4) is 0 Å². The smallest absolute Gasteiger partial charge is 0.241 e. The van der Waals surface area contributed by atoms with Gasteiger partial charge in [0.05, 0.1) is 18.7 Å². The third-order valence-corrected chi connectivity index (χ3v) is 4.95. The number of hydrazine groups is 1. The van der Waals surface area contributed by atoms with Crippen molar-refractivity contribution in [3.8, 4) is 17.2 Å². The highest BCUT2D eigenvalue weighted by Gasteiger charge is 2.36. The van der Waals surface area contributed by atoms with E-state index in [-0.39, 0.29) is 37.4 Å². The second-order valence-corrected chi connectivity index (χ2v) is 6.61. The van der Waals surface area contributed by atoms with Crippen LogP contribution in [0.2, 0.25) is 0 Å². The summed E-state index contributed by atoms with van der Waals surface area (Å²) in [5.41, 5.74) is 6.18. The summed E-state index contributed by atoms with van der Waals surface area (Å²) in [6, 6.07) is 5.19. The molecule has 0 saturated carbocycles. The fourth-order valence-corrected chi connectivity index (χ4v) is 3.57. The maximum absolute atomic E-state index is 12.6. The highest BCUT2D eigenvalue weighted by atomic mass is 16.7. The molecule has 3 N–H and O–H groups in total. The molecule has 0 bridgehead atoms. The number of carbonyl (C=O) groups excluding carboxylic acids is 1. The van der Waals surface area contributed by atoms with Crippen LogP contribution < -0.4 is 25.1 Å². The maximum Gasteiger partial charge on any atom is 0.241 e. The lowest BCUT2D eigenvalue weighted by Gasteiger charge is -2.25. The van der Waals surface area contributed by atoms with Crippen LogP contribution in [0.25, 0.3) is 0 Å². The second-order valence-electron chi connectivity index (χ2n) is 6.61. The van der Waals surface area contributed by atoms with Crippen LogP contribution in [0, 0.1) is 0 Å². The van der Waals surface area contributed by atoms with Crippen molar-refractivity contribution < 1.29 is 24.1 Å². The van der Waals surface area contributed by atoms with Gasteiger partial charge in [0.15, 0.2) is 11.5 Å². The van der Waals surface area contributed by atoms with Gasteiger partial charge < -0.3 is 24.2 Å². The number of fused-ring (bicyclic) bond motifs is 1. The van der Waals surface area contributed by atoms with Crippen LogP contribution in [0.5, 0.6) is 17.2 Å². The van der Waals surface area contributed by atoms with E-state index in [2.05, 4.69) is 10.9 Å². The van der Waals surface area contributed by atoms with Crippen molar-refractivity contribution in [1.29, 1.82) is 0 Å². The number of nitrogens with one attached hydrogen (secondary N) is 2. The van der Waals surface area contributed by atoms with Gasteiger partial charge in [-0.25, -0.2) is 5.43 Å². The van der Waals surface area contributed by atoms with Crippen molar-refractivity contribution in [3.63, 3.8) is 0 Å². The number of carbonyl (C=O) groups is 1. The molecule has 1 amide bonds. The van der Waals surface area contributed by atoms with Crippen molar-refractivity contribution in [3.05, 3.63) is 18.2 Å². The average molecular weight is 349 g/mol. The lowest BCUT2D eigenvalue weighted by Crippen LogP contribution is -2.48. The number of nitrogens with zero attached hydrogens (tertiary/aromatic N) is 1.